The Balaban J connectivity index is 1.96. The first kappa shape index (κ1) is 15.9. The fraction of sp³-hybridized carbons (Fsp3) is 0.312. The second-order valence-electron chi connectivity index (χ2n) is 5.77. The quantitative estimate of drug-likeness (QED) is 0.409. The van der Waals surface area contributed by atoms with E-state index in [9.17, 15) is 4.79 Å². The lowest BCUT2D eigenvalue weighted by atomic mass is 10.2. The van der Waals surface area contributed by atoms with Gasteiger partial charge in [0.2, 0.25) is 0 Å². The lowest BCUT2D eigenvalue weighted by Gasteiger charge is -2.06. The molecule has 0 saturated heterocycles. The summed E-state index contributed by atoms with van der Waals surface area (Å²) in [6, 6.07) is 3.63. The number of imidazole rings is 1. The highest BCUT2D eigenvalue weighted by atomic mass is 79.9. The monoisotopic (exact) mass is 401 g/mol. The highest BCUT2D eigenvalue weighted by molar-refractivity contribution is 9.10. The molecule has 0 aromatic carbocycles. The van der Waals surface area contributed by atoms with E-state index in [4.69, 9.17) is 0 Å². The van der Waals surface area contributed by atoms with Crippen LogP contribution in [0.25, 0.3) is 28.2 Å². The lowest BCUT2D eigenvalue weighted by Crippen LogP contribution is -2.28. The van der Waals surface area contributed by atoms with Crippen LogP contribution in [0.5, 0.6) is 0 Å². The summed E-state index contributed by atoms with van der Waals surface area (Å²) >= 11 is 3.35. The first-order valence-electron chi connectivity index (χ1n) is 8.14. The Morgan fingerprint density at radius 2 is 1.96 bits per heavy atom. The molecule has 8 nitrogen and oxygen atoms in total. The third-order valence-corrected chi connectivity index (χ3v) is 4.45. The molecule has 1 N–H and O–H groups in total. The van der Waals surface area contributed by atoms with Crippen LogP contribution >= 0.6 is 15.9 Å². The molecule has 0 aliphatic carbocycles. The molecule has 4 aromatic rings. The van der Waals surface area contributed by atoms with E-state index in [0.717, 1.165) is 24.8 Å². The van der Waals surface area contributed by atoms with Gasteiger partial charge in [-0.3, -0.25) is 9.55 Å². The van der Waals surface area contributed by atoms with Gasteiger partial charge in [0.15, 0.2) is 21.9 Å². The van der Waals surface area contributed by atoms with E-state index in [1.165, 1.54) is 4.52 Å². The number of nitrogens with zero attached hydrogens (tertiary/aromatic N) is 6. The maximum atomic E-state index is 12.9. The molecule has 0 aliphatic rings. The molecule has 128 valence electrons. The number of aromatic amines is 1. The molecule has 0 saturated carbocycles. The van der Waals surface area contributed by atoms with E-state index in [0.29, 0.717) is 33.9 Å². The van der Waals surface area contributed by atoms with Crippen LogP contribution in [0.4, 0.5) is 0 Å². The zero-order valence-corrected chi connectivity index (χ0v) is 15.2. The summed E-state index contributed by atoms with van der Waals surface area (Å²) in [5.74, 6) is 0.484. The van der Waals surface area contributed by atoms with Crippen LogP contribution in [0, 0.1) is 0 Å². The summed E-state index contributed by atoms with van der Waals surface area (Å²) in [5.41, 5.74) is 2.33. The predicted molar refractivity (Wildman–Crippen MR) is 97.4 cm³/mol. The molecule has 0 radical (unpaired) electrons. The molecular formula is C16H16BrN7O. The average Bonchev–Trinajstić information content (AvgIpc) is 3.22. The summed E-state index contributed by atoms with van der Waals surface area (Å²) in [7, 11) is 0. The van der Waals surface area contributed by atoms with Gasteiger partial charge in [0.1, 0.15) is 5.52 Å². The van der Waals surface area contributed by atoms with Gasteiger partial charge in [-0.05, 0) is 34.5 Å². The normalized spacial score (nSPS) is 11.6. The Morgan fingerprint density at radius 3 is 2.72 bits per heavy atom. The van der Waals surface area contributed by atoms with Crippen molar-refractivity contribution < 1.29 is 0 Å². The van der Waals surface area contributed by atoms with Crippen LogP contribution in [-0.2, 0) is 6.54 Å². The molecule has 0 unspecified atom stereocenters. The summed E-state index contributed by atoms with van der Waals surface area (Å²) in [5, 5.41) is 4.41. The highest BCUT2D eigenvalue weighted by Crippen LogP contribution is 2.21. The van der Waals surface area contributed by atoms with E-state index in [1.54, 1.807) is 17.0 Å². The average molecular weight is 402 g/mol. The third-order valence-electron chi connectivity index (χ3n) is 4.08. The fourth-order valence-corrected chi connectivity index (χ4v) is 3.21. The van der Waals surface area contributed by atoms with Gasteiger partial charge < -0.3 is 4.98 Å². The Hall–Kier alpha value is -2.55. The summed E-state index contributed by atoms with van der Waals surface area (Å²) in [4.78, 5) is 29.0. The van der Waals surface area contributed by atoms with Crippen molar-refractivity contribution in [2.75, 3.05) is 0 Å². The van der Waals surface area contributed by atoms with Crippen molar-refractivity contribution in [3.8, 4) is 11.4 Å². The van der Waals surface area contributed by atoms with Crippen molar-refractivity contribution in [3.63, 3.8) is 0 Å². The SMILES string of the molecule is CCCCCn1c(=O)n2nc(-c3ccncc3)nc2c2[nH]c(Br)nc21. The number of rotatable bonds is 5. The van der Waals surface area contributed by atoms with E-state index in [1.807, 2.05) is 12.1 Å². The smallest absolute Gasteiger partial charge is 0.328 e. The minimum Gasteiger partial charge on any atom is -0.328 e. The number of hydrogen-bond acceptors (Lipinski definition) is 5. The Bertz CT molecular complexity index is 1100. The van der Waals surface area contributed by atoms with Crippen LogP contribution in [0.3, 0.4) is 0 Å². The lowest BCUT2D eigenvalue weighted by molar-refractivity contribution is 0.579. The molecule has 9 heteroatoms. The van der Waals surface area contributed by atoms with Crippen molar-refractivity contribution in [1.29, 1.82) is 0 Å². The molecule has 0 aliphatic heterocycles. The number of unbranched alkanes of at least 4 members (excludes halogenated alkanes) is 2. The van der Waals surface area contributed by atoms with Gasteiger partial charge in [-0.2, -0.15) is 4.52 Å². The number of nitrogens with one attached hydrogen (secondary N) is 1. The molecule has 4 heterocycles. The second-order valence-corrected chi connectivity index (χ2v) is 6.53. The van der Waals surface area contributed by atoms with Gasteiger partial charge >= 0.3 is 5.69 Å². The van der Waals surface area contributed by atoms with Crippen LogP contribution < -0.4 is 5.69 Å². The van der Waals surface area contributed by atoms with Gasteiger partial charge in [-0.1, -0.05) is 19.8 Å². The minimum absolute atomic E-state index is 0.231. The first-order chi connectivity index (χ1) is 12.2. The molecule has 0 amide bonds. The van der Waals surface area contributed by atoms with E-state index in [-0.39, 0.29) is 5.69 Å². The van der Waals surface area contributed by atoms with Crippen LogP contribution in [-0.4, -0.2) is 34.1 Å². The topological polar surface area (TPSA) is 93.8 Å². The molecule has 4 rings (SSSR count). The Labute approximate surface area is 151 Å². The number of aryl methyl sites for hydroxylation is 1. The Kier molecular flexibility index (Phi) is 4.08. The zero-order chi connectivity index (χ0) is 17.4. The molecule has 0 spiro atoms. The molecule has 0 bridgehead atoms. The van der Waals surface area contributed by atoms with Crippen molar-refractivity contribution in [2.24, 2.45) is 0 Å². The first-order valence-corrected chi connectivity index (χ1v) is 8.93. The fourth-order valence-electron chi connectivity index (χ4n) is 2.84. The molecule has 4 aromatic heterocycles. The predicted octanol–water partition coefficient (Wildman–Crippen LogP) is 2.78. The molecule has 0 atom stereocenters. The number of pyridine rings is 1. The van der Waals surface area contributed by atoms with Gasteiger partial charge in [0.05, 0.1) is 0 Å². The largest absolute Gasteiger partial charge is 0.352 e. The number of H-pyrrole nitrogens is 1. The van der Waals surface area contributed by atoms with Crippen molar-refractivity contribution in [3.05, 3.63) is 39.7 Å². The van der Waals surface area contributed by atoms with E-state index < -0.39 is 0 Å². The second kappa shape index (κ2) is 6.40. The number of aromatic nitrogens is 7. The summed E-state index contributed by atoms with van der Waals surface area (Å²) < 4.78 is 3.56. The number of hydrogen-bond donors (Lipinski definition) is 1. The van der Waals surface area contributed by atoms with Crippen molar-refractivity contribution in [2.45, 2.75) is 32.7 Å². The standard InChI is InChI=1S/C16H16BrN7O/c1-2-3-4-9-23-13-11(19-15(17)21-13)14-20-12(22-24(14)16(23)25)10-5-7-18-8-6-10/h5-8H,2-4,9H2,1H3,(H,19,21). The summed E-state index contributed by atoms with van der Waals surface area (Å²) in [6.07, 6.45) is 6.39. The van der Waals surface area contributed by atoms with Crippen LogP contribution in [0.2, 0.25) is 0 Å². The molecule has 25 heavy (non-hydrogen) atoms. The van der Waals surface area contributed by atoms with Gasteiger partial charge in [-0.15, -0.1) is 5.10 Å². The van der Waals surface area contributed by atoms with Gasteiger partial charge in [-0.25, -0.2) is 14.8 Å². The van der Waals surface area contributed by atoms with Crippen LogP contribution in [0.15, 0.2) is 34.1 Å². The van der Waals surface area contributed by atoms with Crippen molar-refractivity contribution >= 4 is 32.7 Å². The molecular weight excluding hydrogens is 386 g/mol. The van der Waals surface area contributed by atoms with Crippen molar-refractivity contribution in [1.82, 2.24) is 34.1 Å². The van der Waals surface area contributed by atoms with Crippen LogP contribution in [0.1, 0.15) is 26.2 Å². The van der Waals surface area contributed by atoms with E-state index >= 15 is 0 Å². The maximum Gasteiger partial charge on any atom is 0.352 e. The number of fused-ring (bicyclic) bond motifs is 3. The maximum absolute atomic E-state index is 12.9. The Morgan fingerprint density at radius 1 is 1.16 bits per heavy atom. The minimum atomic E-state index is -0.231. The third kappa shape index (κ3) is 2.74. The number of halogens is 1. The molecule has 0 fully saturated rings. The van der Waals surface area contributed by atoms with Gasteiger partial charge in [0, 0.05) is 24.5 Å². The van der Waals surface area contributed by atoms with E-state index in [2.05, 4.69) is 47.9 Å². The summed E-state index contributed by atoms with van der Waals surface area (Å²) in [6.45, 7) is 2.73. The van der Waals surface area contributed by atoms with Gasteiger partial charge in [0.25, 0.3) is 0 Å². The zero-order valence-electron chi connectivity index (χ0n) is 13.6. The highest BCUT2D eigenvalue weighted by Gasteiger charge is 2.18.